The van der Waals surface area contributed by atoms with E-state index < -0.39 is 0 Å². The molecule has 1 aliphatic carbocycles. The van der Waals surface area contributed by atoms with Crippen molar-refractivity contribution in [3.05, 3.63) is 40.4 Å². The minimum Gasteiger partial charge on any atom is -0.496 e. The van der Waals surface area contributed by atoms with Crippen LogP contribution < -0.4 is 4.74 Å². The molecular weight excluding hydrogens is 334 g/mol. The number of nitrogens with zero attached hydrogens (tertiary/aromatic N) is 1. The van der Waals surface area contributed by atoms with E-state index in [4.69, 9.17) is 4.74 Å². The Kier molecular flexibility index (Phi) is 3.85. The third kappa shape index (κ3) is 2.50. The topological polar surface area (TPSA) is 46.6 Å². The number of ether oxygens (including phenoxy) is 1. The molecule has 1 saturated heterocycles. The van der Waals surface area contributed by atoms with Crippen molar-refractivity contribution >= 4 is 27.7 Å². The Labute approximate surface area is 131 Å². The number of carbonyl (C=O) groups is 2. The van der Waals surface area contributed by atoms with Crippen molar-refractivity contribution in [1.29, 1.82) is 0 Å². The molecule has 0 saturated carbocycles. The monoisotopic (exact) mass is 349 g/mol. The fourth-order valence-electron chi connectivity index (χ4n) is 3.02. The normalized spacial score (nSPS) is 24.4. The maximum atomic E-state index is 12.4. The highest BCUT2D eigenvalue weighted by atomic mass is 79.9. The van der Waals surface area contributed by atoms with Gasteiger partial charge >= 0.3 is 0 Å². The van der Waals surface area contributed by atoms with Crippen molar-refractivity contribution in [3.8, 4) is 5.75 Å². The fraction of sp³-hybridized carbons (Fsp3) is 0.375. The fourth-order valence-corrected chi connectivity index (χ4v) is 3.60. The predicted molar refractivity (Wildman–Crippen MR) is 81.6 cm³/mol. The van der Waals surface area contributed by atoms with Crippen molar-refractivity contribution in [2.75, 3.05) is 7.11 Å². The van der Waals surface area contributed by atoms with Crippen molar-refractivity contribution in [2.45, 2.75) is 19.4 Å². The number of rotatable bonds is 3. The van der Waals surface area contributed by atoms with Gasteiger partial charge in [0.05, 0.1) is 30.0 Å². The largest absolute Gasteiger partial charge is 0.496 e. The Bertz CT molecular complexity index is 600. The van der Waals surface area contributed by atoms with Crippen LogP contribution in [0.5, 0.6) is 5.75 Å². The van der Waals surface area contributed by atoms with E-state index >= 15 is 0 Å². The molecule has 2 atom stereocenters. The Hall–Kier alpha value is -1.62. The molecule has 0 bridgehead atoms. The lowest BCUT2D eigenvalue weighted by molar-refractivity contribution is -0.140. The lowest BCUT2D eigenvalue weighted by Crippen LogP contribution is -2.30. The third-order valence-corrected chi connectivity index (χ3v) is 4.78. The number of allylic oxidation sites excluding steroid dienone is 2. The van der Waals surface area contributed by atoms with Crippen LogP contribution in [0.1, 0.15) is 18.4 Å². The summed E-state index contributed by atoms with van der Waals surface area (Å²) in [6.45, 7) is 0.327. The maximum Gasteiger partial charge on any atom is 0.233 e. The number of carbonyl (C=O) groups excluding carboxylic acids is 2. The Morgan fingerprint density at radius 3 is 2.33 bits per heavy atom. The zero-order valence-corrected chi connectivity index (χ0v) is 13.3. The molecule has 3 rings (SSSR count). The first-order valence-corrected chi connectivity index (χ1v) is 7.73. The highest BCUT2D eigenvalue weighted by molar-refractivity contribution is 9.10. The van der Waals surface area contributed by atoms with Gasteiger partial charge in [0.25, 0.3) is 0 Å². The number of methoxy groups -OCH3 is 1. The molecule has 1 aromatic rings. The number of likely N-dealkylation sites (tertiary alicyclic amines) is 1. The Morgan fingerprint density at radius 2 is 1.81 bits per heavy atom. The van der Waals surface area contributed by atoms with Gasteiger partial charge in [0.15, 0.2) is 0 Å². The summed E-state index contributed by atoms with van der Waals surface area (Å²) in [4.78, 5) is 26.2. The first kappa shape index (κ1) is 14.3. The summed E-state index contributed by atoms with van der Waals surface area (Å²) >= 11 is 3.42. The molecule has 1 fully saturated rings. The summed E-state index contributed by atoms with van der Waals surface area (Å²) in [5.41, 5.74) is 0.913. The van der Waals surface area contributed by atoms with Crippen LogP contribution >= 0.6 is 15.9 Å². The molecule has 0 radical (unpaired) electrons. The van der Waals surface area contributed by atoms with Crippen LogP contribution in [-0.4, -0.2) is 23.8 Å². The molecule has 0 unspecified atom stereocenters. The number of hydrogen-bond donors (Lipinski definition) is 0. The Balaban J connectivity index is 1.80. The van der Waals surface area contributed by atoms with Gasteiger partial charge in [-0.15, -0.1) is 0 Å². The summed E-state index contributed by atoms with van der Waals surface area (Å²) < 4.78 is 6.01. The van der Waals surface area contributed by atoms with E-state index in [2.05, 4.69) is 15.9 Å². The van der Waals surface area contributed by atoms with Crippen molar-refractivity contribution < 1.29 is 14.3 Å². The van der Waals surface area contributed by atoms with Crippen molar-refractivity contribution in [1.82, 2.24) is 4.90 Å². The van der Waals surface area contributed by atoms with Gasteiger partial charge in [-0.1, -0.05) is 18.2 Å². The molecule has 0 spiro atoms. The second-order valence-corrected chi connectivity index (χ2v) is 6.24. The van der Waals surface area contributed by atoms with Gasteiger partial charge in [-0.05, 0) is 46.5 Å². The molecular formula is C16H16BrNO3. The van der Waals surface area contributed by atoms with Crippen LogP contribution in [0, 0.1) is 11.8 Å². The highest BCUT2D eigenvalue weighted by Gasteiger charge is 2.46. The second-order valence-electron chi connectivity index (χ2n) is 5.39. The van der Waals surface area contributed by atoms with E-state index in [9.17, 15) is 9.59 Å². The molecule has 110 valence electrons. The van der Waals surface area contributed by atoms with E-state index in [0.29, 0.717) is 19.4 Å². The standard InChI is InChI=1S/C16H16BrNO3/c1-21-14-7-6-10(8-13(14)17)9-18-15(19)11-4-2-3-5-12(11)16(18)20/h2-3,6-8,11-12H,4-5,9H2,1H3/t11-,12+. The summed E-state index contributed by atoms with van der Waals surface area (Å²) in [6, 6.07) is 5.60. The maximum absolute atomic E-state index is 12.4. The number of fused-ring (bicyclic) bond motifs is 1. The summed E-state index contributed by atoms with van der Waals surface area (Å²) in [5, 5.41) is 0. The van der Waals surface area contributed by atoms with Crippen LogP contribution in [0.25, 0.3) is 0 Å². The lowest BCUT2D eigenvalue weighted by Gasteiger charge is -2.15. The second kappa shape index (κ2) is 5.64. The minimum atomic E-state index is -0.163. The number of halogens is 1. The summed E-state index contributed by atoms with van der Waals surface area (Å²) in [7, 11) is 1.60. The molecule has 2 amide bonds. The van der Waals surface area contributed by atoms with Crippen LogP contribution in [0.4, 0.5) is 0 Å². The van der Waals surface area contributed by atoms with Crippen molar-refractivity contribution in [2.24, 2.45) is 11.8 Å². The average Bonchev–Trinajstić information content (AvgIpc) is 2.73. The lowest BCUT2D eigenvalue weighted by atomic mass is 9.85. The van der Waals surface area contributed by atoms with Crippen LogP contribution in [0.2, 0.25) is 0 Å². The molecule has 1 heterocycles. The van der Waals surface area contributed by atoms with E-state index in [1.54, 1.807) is 7.11 Å². The number of amides is 2. The quantitative estimate of drug-likeness (QED) is 0.622. The van der Waals surface area contributed by atoms with Gasteiger partial charge in [-0.3, -0.25) is 14.5 Å². The zero-order valence-electron chi connectivity index (χ0n) is 11.7. The smallest absolute Gasteiger partial charge is 0.233 e. The van der Waals surface area contributed by atoms with Gasteiger partial charge in [0, 0.05) is 0 Å². The SMILES string of the molecule is COc1ccc(CN2C(=O)[C@H]3CC=CC[C@H]3C2=O)cc1Br. The van der Waals surface area contributed by atoms with Gasteiger partial charge in [-0.25, -0.2) is 0 Å². The number of imide groups is 1. The number of hydrogen-bond acceptors (Lipinski definition) is 3. The van der Waals surface area contributed by atoms with Gasteiger partial charge in [-0.2, -0.15) is 0 Å². The van der Waals surface area contributed by atoms with Gasteiger partial charge in [0.1, 0.15) is 5.75 Å². The molecule has 4 nitrogen and oxygen atoms in total. The molecule has 2 aliphatic rings. The average molecular weight is 350 g/mol. The third-order valence-electron chi connectivity index (χ3n) is 4.16. The highest BCUT2D eigenvalue weighted by Crippen LogP contribution is 2.36. The summed E-state index contributed by atoms with van der Waals surface area (Å²) in [6.07, 6.45) is 5.36. The van der Waals surface area contributed by atoms with Crippen LogP contribution in [-0.2, 0) is 16.1 Å². The molecule has 5 heteroatoms. The van der Waals surface area contributed by atoms with E-state index in [0.717, 1.165) is 15.8 Å². The van der Waals surface area contributed by atoms with Gasteiger partial charge < -0.3 is 4.74 Å². The van der Waals surface area contributed by atoms with Crippen LogP contribution in [0.15, 0.2) is 34.8 Å². The van der Waals surface area contributed by atoms with Crippen LogP contribution in [0.3, 0.4) is 0 Å². The van der Waals surface area contributed by atoms with E-state index in [1.165, 1.54) is 4.90 Å². The zero-order chi connectivity index (χ0) is 15.0. The van der Waals surface area contributed by atoms with E-state index in [1.807, 2.05) is 30.4 Å². The Morgan fingerprint density at radius 1 is 1.19 bits per heavy atom. The van der Waals surface area contributed by atoms with Crippen molar-refractivity contribution in [3.63, 3.8) is 0 Å². The molecule has 0 aromatic heterocycles. The molecule has 0 N–H and O–H groups in total. The number of benzene rings is 1. The molecule has 1 aromatic carbocycles. The predicted octanol–water partition coefficient (Wildman–Crippen LogP) is 2.91. The molecule has 21 heavy (non-hydrogen) atoms. The van der Waals surface area contributed by atoms with E-state index in [-0.39, 0.29) is 23.7 Å². The molecule has 1 aliphatic heterocycles. The summed E-state index contributed by atoms with van der Waals surface area (Å²) in [5.74, 6) is 0.326. The first-order valence-electron chi connectivity index (χ1n) is 6.94. The van der Waals surface area contributed by atoms with Gasteiger partial charge in [0.2, 0.25) is 11.8 Å². The first-order chi connectivity index (χ1) is 10.1. The minimum absolute atomic E-state index is 0.0405.